The standard InChI is InChI=1S/C10H11BrN4S/c1-6-3-12-9(16-6)7(2)15-10-13-4-8(11)5-14-10/h3-5,7H,1-2H3,(H,13,14,15). The highest BCUT2D eigenvalue weighted by Gasteiger charge is 2.10. The fourth-order valence-corrected chi connectivity index (χ4v) is 2.20. The van der Waals surface area contributed by atoms with Crippen molar-refractivity contribution in [2.24, 2.45) is 0 Å². The lowest BCUT2D eigenvalue weighted by molar-refractivity contribution is 0.847. The number of halogens is 1. The third-order valence-corrected chi connectivity index (χ3v) is 3.48. The summed E-state index contributed by atoms with van der Waals surface area (Å²) in [5.74, 6) is 0.614. The minimum Gasteiger partial charge on any atom is -0.345 e. The molecule has 6 heteroatoms. The highest BCUT2D eigenvalue weighted by Crippen LogP contribution is 2.21. The van der Waals surface area contributed by atoms with E-state index in [-0.39, 0.29) is 6.04 Å². The van der Waals surface area contributed by atoms with Crippen molar-refractivity contribution >= 4 is 33.2 Å². The number of hydrogen-bond donors (Lipinski definition) is 1. The molecule has 1 unspecified atom stereocenters. The second-order valence-electron chi connectivity index (χ2n) is 3.40. The molecule has 0 aliphatic rings. The zero-order chi connectivity index (χ0) is 11.5. The van der Waals surface area contributed by atoms with Gasteiger partial charge in [-0.2, -0.15) is 0 Å². The van der Waals surface area contributed by atoms with E-state index in [9.17, 15) is 0 Å². The minimum atomic E-state index is 0.125. The summed E-state index contributed by atoms with van der Waals surface area (Å²) in [5.41, 5.74) is 0. The zero-order valence-electron chi connectivity index (χ0n) is 8.94. The first kappa shape index (κ1) is 11.5. The van der Waals surface area contributed by atoms with Crippen molar-refractivity contribution in [3.05, 3.63) is 32.9 Å². The molecular formula is C10H11BrN4S. The second kappa shape index (κ2) is 4.88. The van der Waals surface area contributed by atoms with E-state index < -0.39 is 0 Å². The number of aromatic nitrogens is 3. The molecule has 4 nitrogen and oxygen atoms in total. The Kier molecular flexibility index (Phi) is 3.50. The Morgan fingerprint density at radius 2 is 1.94 bits per heavy atom. The molecule has 84 valence electrons. The molecule has 0 aliphatic carbocycles. The highest BCUT2D eigenvalue weighted by atomic mass is 79.9. The van der Waals surface area contributed by atoms with Crippen molar-refractivity contribution in [2.75, 3.05) is 5.32 Å². The Labute approximate surface area is 106 Å². The lowest BCUT2D eigenvalue weighted by Gasteiger charge is -2.10. The first-order valence-corrected chi connectivity index (χ1v) is 6.42. The Balaban J connectivity index is 2.07. The van der Waals surface area contributed by atoms with Gasteiger partial charge < -0.3 is 5.32 Å². The number of nitrogens with one attached hydrogen (secondary N) is 1. The molecule has 1 atom stereocenters. The first-order chi connectivity index (χ1) is 7.65. The van der Waals surface area contributed by atoms with Crippen LogP contribution in [0.2, 0.25) is 0 Å². The van der Waals surface area contributed by atoms with Crippen LogP contribution in [0.15, 0.2) is 23.1 Å². The largest absolute Gasteiger partial charge is 0.345 e. The van der Waals surface area contributed by atoms with Gasteiger partial charge in [0.15, 0.2) is 0 Å². The van der Waals surface area contributed by atoms with Crippen LogP contribution in [0.4, 0.5) is 5.95 Å². The van der Waals surface area contributed by atoms with Gasteiger partial charge in [-0.1, -0.05) is 0 Å². The van der Waals surface area contributed by atoms with E-state index in [0.717, 1.165) is 9.48 Å². The Morgan fingerprint density at radius 3 is 2.50 bits per heavy atom. The van der Waals surface area contributed by atoms with E-state index in [0.29, 0.717) is 5.95 Å². The van der Waals surface area contributed by atoms with E-state index in [1.807, 2.05) is 20.0 Å². The highest BCUT2D eigenvalue weighted by molar-refractivity contribution is 9.10. The SMILES string of the molecule is Cc1cnc(C(C)Nc2ncc(Br)cn2)s1. The van der Waals surface area contributed by atoms with E-state index in [1.54, 1.807) is 23.7 Å². The van der Waals surface area contributed by atoms with Crippen molar-refractivity contribution in [1.29, 1.82) is 0 Å². The third-order valence-electron chi connectivity index (χ3n) is 1.98. The third kappa shape index (κ3) is 2.76. The van der Waals surface area contributed by atoms with Crippen LogP contribution < -0.4 is 5.32 Å². The number of anilines is 1. The van der Waals surface area contributed by atoms with E-state index in [4.69, 9.17) is 0 Å². The minimum absolute atomic E-state index is 0.125. The van der Waals surface area contributed by atoms with Gasteiger partial charge >= 0.3 is 0 Å². The molecule has 0 saturated carbocycles. The normalized spacial score (nSPS) is 12.4. The average molecular weight is 299 g/mol. The molecule has 2 aromatic heterocycles. The summed E-state index contributed by atoms with van der Waals surface area (Å²) in [5, 5.41) is 4.25. The van der Waals surface area contributed by atoms with Crippen LogP contribution in [0.25, 0.3) is 0 Å². The Morgan fingerprint density at radius 1 is 1.25 bits per heavy atom. The summed E-state index contributed by atoms with van der Waals surface area (Å²) in [6.45, 7) is 4.09. The van der Waals surface area contributed by atoms with E-state index in [2.05, 4.69) is 36.2 Å². The van der Waals surface area contributed by atoms with Gasteiger partial charge in [-0.15, -0.1) is 11.3 Å². The fraction of sp³-hybridized carbons (Fsp3) is 0.300. The van der Waals surface area contributed by atoms with Gasteiger partial charge in [0.05, 0.1) is 10.5 Å². The molecule has 0 fully saturated rings. The topological polar surface area (TPSA) is 50.7 Å². The van der Waals surface area contributed by atoms with Crippen LogP contribution in [-0.2, 0) is 0 Å². The summed E-state index contributed by atoms with van der Waals surface area (Å²) in [7, 11) is 0. The van der Waals surface area contributed by atoms with Gasteiger partial charge in [-0.05, 0) is 29.8 Å². The van der Waals surface area contributed by atoms with Gasteiger partial charge in [-0.25, -0.2) is 15.0 Å². The summed E-state index contributed by atoms with van der Waals surface area (Å²) in [4.78, 5) is 13.8. The van der Waals surface area contributed by atoms with Crippen molar-refractivity contribution in [3.8, 4) is 0 Å². The Hall–Kier alpha value is -1.01. The molecule has 0 spiro atoms. The summed E-state index contributed by atoms with van der Waals surface area (Å²) in [6.07, 6.45) is 5.31. The van der Waals surface area contributed by atoms with Gasteiger partial charge in [-0.3, -0.25) is 0 Å². The fourth-order valence-electron chi connectivity index (χ4n) is 1.21. The predicted molar refractivity (Wildman–Crippen MR) is 68.6 cm³/mol. The van der Waals surface area contributed by atoms with E-state index in [1.165, 1.54) is 4.88 Å². The second-order valence-corrected chi connectivity index (χ2v) is 5.58. The lowest BCUT2D eigenvalue weighted by Crippen LogP contribution is -2.08. The first-order valence-electron chi connectivity index (χ1n) is 4.81. The molecule has 0 radical (unpaired) electrons. The maximum absolute atomic E-state index is 4.32. The van der Waals surface area contributed by atoms with Crippen molar-refractivity contribution < 1.29 is 0 Å². The van der Waals surface area contributed by atoms with Crippen LogP contribution in [0, 0.1) is 6.92 Å². The van der Waals surface area contributed by atoms with Crippen molar-refractivity contribution in [2.45, 2.75) is 19.9 Å². The monoisotopic (exact) mass is 298 g/mol. The molecular weight excluding hydrogens is 288 g/mol. The molecule has 1 N–H and O–H groups in total. The zero-order valence-corrected chi connectivity index (χ0v) is 11.3. The van der Waals surface area contributed by atoms with Gasteiger partial charge in [0.2, 0.25) is 5.95 Å². The molecule has 2 aromatic rings. The predicted octanol–water partition coefficient (Wildman–Crippen LogP) is 3.18. The maximum Gasteiger partial charge on any atom is 0.223 e. The van der Waals surface area contributed by atoms with Crippen LogP contribution in [0.1, 0.15) is 22.9 Å². The van der Waals surface area contributed by atoms with Crippen molar-refractivity contribution in [1.82, 2.24) is 15.0 Å². The molecule has 0 saturated heterocycles. The molecule has 2 rings (SSSR count). The smallest absolute Gasteiger partial charge is 0.223 e. The van der Waals surface area contributed by atoms with Gasteiger partial charge in [0.25, 0.3) is 0 Å². The van der Waals surface area contributed by atoms with Crippen LogP contribution in [-0.4, -0.2) is 15.0 Å². The average Bonchev–Trinajstić information content (AvgIpc) is 2.68. The van der Waals surface area contributed by atoms with Gasteiger partial charge in [0, 0.05) is 23.5 Å². The van der Waals surface area contributed by atoms with Crippen LogP contribution in [0.3, 0.4) is 0 Å². The molecule has 0 aliphatic heterocycles. The van der Waals surface area contributed by atoms with E-state index >= 15 is 0 Å². The lowest BCUT2D eigenvalue weighted by atomic mass is 10.4. The van der Waals surface area contributed by atoms with Crippen LogP contribution >= 0.6 is 27.3 Å². The molecule has 0 amide bonds. The quantitative estimate of drug-likeness (QED) is 0.945. The summed E-state index contributed by atoms with van der Waals surface area (Å²) in [6, 6.07) is 0.125. The molecule has 0 bridgehead atoms. The van der Waals surface area contributed by atoms with Crippen molar-refractivity contribution in [3.63, 3.8) is 0 Å². The number of aryl methyl sites for hydroxylation is 1. The van der Waals surface area contributed by atoms with Gasteiger partial charge in [0.1, 0.15) is 5.01 Å². The number of rotatable bonds is 3. The van der Waals surface area contributed by atoms with Crippen LogP contribution in [0.5, 0.6) is 0 Å². The number of hydrogen-bond acceptors (Lipinski definition) is 5. The summed E-state index contributed by atoms with van der Waals surface area (Å²) < 4.78 is 0.871. The Bertz CT molecular complexity index is 468. The number of nitrogens with zero attached hydrogens (tertiary/aromatic N) is 3. The molecule has 2 heterocycles. The summed E-state index contributed by atoms with van der Waals surface area (Å²) >= 11 is 4.98. The maximum atomic E-state index is 4.32. The number of thiazole rings is 1. The molecule has 16 heavy (non-hydrogen) atoms. The molecule has 0 aromatic carbocycles.